The van der Waals surface area contributed by atoms with E-state index in [2.05, 4.69) is 0 Å². The predicted octanol–water partition coefficient (Wildman–Crippen LogP) is 1.47. The topological polar surface area (TPSA) is 80.7 Å². The van der Waals surface area contributed by atoms with Gasteiger partial charge in [-0.3, -0.25) is 4.79 Å². The smallest absolute Gasteiger partial charge is 0.304 e. The summed E-state index contributed by atoms with van der Waals surface area (Å²) in [4.78, 5) is 10.5. The second-order valence-corrected chi connectivity index (χ2v) is 6.49. The maximum Gasteiger partial charge on any atom is 0.304 e. The standard InChI is InChI=1S/C12H16O5S/c1-9(6-12(13)14)18(15,16)8-10-4-3-5-11(7-10)17-2/h3-5,7,9H,6,8H2,1-2H3,(H,13,14). The molecule has 0 bridgehead atoms. The molecule has 0 amide bonds. The third-order valence-corrected chi connectivity index (χ3v) is 4.71. The van der Waals surface area contributed by atoms with Crippen molar-refractivity contribution in [2.45, 2.75) is 24.3 Å². The van der Waals surface area contributed by atoms with E-state index in [0.717, 1.165) is 0 Å². The molecular weight excluding hydrogens is 256 g/mol. The van der Waals surface area contributed by atoms with Crippen LogP contribution in [0.3, 0.4) is 0 Å². The Morgan fingerprint density at radius 1 is 1.44 bits per heavy atom. The highest BCUT2D eigenvalue weighted by Gasteiger charge is 2.23. The minimum absolute atomic E-state index is 0.182. The molecule has 1 N–H and O–H groups in total. The van der Waals surface area contributed by atoms with Crippen molar-refractivity contribution in [1.82, 2.24) is 0 Å². The fourth-order valence-corrected chi connectivity index (χ4v) is 2.83. The van der Waals surface area contributed by atoms with E-state index in [1.165, 1.54) is 14.0 Å². The first-order chi connectivity index (χ1) is 8.35. The van der Waals surface area contributed by atoms with E-state index in [9.17, 15) is 13.2 Å². The van der Waals surface area contributed by atoms with Gasteiger partial charge in [-0.05, 0) is 24.6 Å². The lowest BCUT2D eigenvalue weighted by atomic mass is 10.2. The number of carbonyl (C=O) groups is 1. The molecule has 1 atom stereocenters. The van der Waals surface area contributed by atoms with Crippen molar-refractivity contribution in [2.75, 3.05) is 7.11 Å². The lowest BCUT2D eigenvalue weighted by Gasteiger charge is -2.11. The first-order valence-electron chi connectivity index (χ1n) is 5.41. The van der Waals surface area contributed by atoms with Crippen molar-refractivity contribution in [3.8, 4) is 5.75 Å². The average Bonchev–Trinajstić information content (AvgIpc) is 2.27. The maximum atomic E-state index is 11.9. The Labute approximate surface area is 106 Å². The molecule has 0 aliphatic heterocycles. The molecule has 6 heteroatoms. The molecule has 5 nitrogen and oxygen atoms in total. The molecule has 0 aliphatic rings. The van der Waals surface area contributed by atoms with Crippen LogP contribution < -0.4 is 4.74 Å². The fourth-order valence-electron chi connectivity index (χ4n) is 1.51. The molecule has 0 fully saturated rings. The summed E-state index contributed by atoms with van der Waals surface area (Å²) in [5.41, 5.74) is 0.589. The van der Waals surface area contributed by atoms with Crippen molar-refractivity contribution >= 4 is 15.8 Å². The van der Waals surface area contributed by atoms with Gasteiger partial charge in [-0.1, -0.05) is 12.1 Å². The maximum absolute atomic E-state index is 11.9. The first kappa shape index (κ1) is 14.5. The largest absolute Gasteiger partial charge is 0.497 e. The Bertz CT molecular complexity index is 521. The first-order valence-corrected chi connectivity index (χ1v) is 7.13. The van der Waals surface area contributed by atoms with E-state index in [4.69, 9.17) is 9.84 Å². The molecule has 18 heavy (non-hydrogen) atoms. The predicted molar refractivity (Wildman–Crippen MR) is 67.3 cm³/mol. The summed E-state index contributed by atoms with van der Waals surface area (Å²) in [5, 5.41) is 7.71. The number of benzene rings is 1. The van der Waals surface area contributed by atoms with Crippen LogP contribution in [0.1, 0.15) is 18.9 Å². The molecule has 1 unspecified atom stereocenters. The van der Waals surface area contributed by atoms with E-state index in [1.54, 1.807) is 24.3 Å². The number of sulfone groups is 1. The summed E-state index contributed by atoms with van der Waals surface area (Å²) in [6.07, 6.45) is -0.383. The second-order valence-electron chi connectivity index (χ2n) is 4.07. The highest BCUT2D eigenvalue weighted by molar-refractivity contribution is 7.91. The van der Waals surface area contributed by atoms with Gasteiger partial charge in [-0.15, -0.1) is 0 Å². The van der Waals surface area contributed by atoms with E-state index in [-0.39, 0.29) is 12.2 Å². The van der Waals surface area contributed by atoms with Gasteiger partial charge in [0.05, 0.1) is 24.5 Å². The molecule has 1 rings (SSSR count). The van der Waals surface area contributed by atoms with Gasteiger partial charge in [0, 0.05) is 0 Å². The number of methoxy groups -OCH3 is 1. The molecule has 1 aromatic rings. The SMILES string of the molecule is COc1cccc(CS(=O)(=O)C(C)CC(=O)O)c1. The third kappa shape index (κ3) is 4.03. The van der Waals surface area contributed by atoms with Crippen LogP contribution in [0.15, 0.2) is 24.3 Å². The van der Waals surface area contributed by atoms with Gasteiger partial charge >= 0.3 is 5.97 Å². The van der Waals surface area contributed by atoms with Crippen molar-refractivity contribution in [1.29, 1.82) is 0 Å². The van der Waals surface area contributed by atoms with Crippen molar-refractivity contribution < 1.29 is 23.1 Å². The van der Waals surface area contributed by atoms with Crippen LogP contribution in [0.5, 0.6) is 5.75 Å². The fraction of sp³-hybridized carbons (Fsp3) is 0.417. The molecular formula is C12H16O5S. The monoisotopic (exact) mass is 272 g/mol. The van der Waals surface area contributed by atoms with Crippen LogP contribution in [0.4, 0.5) is 0 Å². The van der Waals surface area contributed by atoms with Crippen molar-refractivity contribution in [3.05, 3.63) is 29.8 Å². The van der Waals surface area contributed by atoms with Crippen LogP contribution in [0.25, 0.3) is 0 Å². The van der Waals surface area contributed by atoms with Crippen LogP contribution in [0, 0.1) is 0 Å². The lowest BCUT2D eigenvalue weighted by Crippen LogP contribution is -2.22. The van der Waals surface area contributed by atoms with Gasteiger partial charge in [0.15, 0.2) is 9.84 Å². The summed E-state index contributed by atoms with van der Waals surface area (Å²) in [6.45, 7) is 1.41. The minimum Gasteiger partial charge on any atom is -0.497 e. The summed E-state index contributed by atoms with van der Waals surface area (Å²) >= 11 is 0. The highest BCUT2D eigenvalue weighted by Crippen LogP contribution is 2.18. The summed E-state index contributed by atoms with van der Waals surface area (Å²) in [5.74, 6) is -0.719. The van der Waals surface area contributed by atoms with Crippen LogP contribution >= 0.6 is 0 Å². The van der Waals surface area contributed by atoms with E-state index >= 15 is 0 Å². The molecule has 0 spiro atoms. The van der Waals surface area contributed by atoms with E-state index in [1.807, 2.05) is 0 Å². The van der Waals surface area contributed by atoms with Gasteiger partial charge in [0.2, 0.25) is 0 Å². The Kier molecular flexibility index (Phi) is 4.72. The number of carboxylic acids is 1. The summed E-state index contributed by atoms with van der Waals surface area (Å²) < 4.78 is 28.9. The quantitative estimate of drug-likeness (QED) is 0.848. The van der Waals surface area contributed by atoms with Crippen molar-refractivity contribution in [3.63, 3.8) is 0 Å². The van der Waals surface area contributed by atoms with Gasteiger partial charge in [0.25, 0.3) is 0 Å². The van der Waals surface area contributed by atoms with Gasteiger partial charge in [0.1, 0.15) is 5.75 Å². The van der Waals surface area contributed by atoms with Gasteiger partial charge < -0.3 is 9.84 Å². The second kappa shape index (κ2) is 5.86. The van der Waals surface area contributed by atoms with E-state index < -0.39 is 21.1 Å². The van der Waals surface area contributed by atoms with Crippen LogP contribution in [0.2, 0.25) is 0 Å². The molecule has 0 aliphatic carbocycles. The molecule has 0 saturated carbocycles. The molecule has 0 saturated heterocycles. The number of carboxylic acid groups (broad SMARTS) is 1. The van der Waals surface area contributed by atoms with Gasteiger partial charge in [-0.2, -0.15) is 0 Å². The minimum atomic E-state index is -3.47. The highest BCUT2D eigenvalue weighted by atomic mass is 32.2. The zero-order chi connectivity index (χ0) is 13.8. The summed E-state index contributed by atoms with van der Waals surface area (Å²) in [6, 6.07) is 6.72. The Hall–Kier alpha value is -1.56. The van der Waals surface area contributed by atoms with Crippen molar-refractivity contribution in [2.24, 2.45) is 0 Å². The summed E-state index contributed by atoms with van der Waals surface area (Å²) in [7, 11) is -1.97. The normalized spacial score (nSPS) is 13.0. The average molecular weight is 272 g/mol. The van der Waals surface area contributed by atoms with Gasteiger partial charge in [-0.25, -0.2) is 8.42 Å². The van der Waals surface area contributed by atoms with Crippen LogP contribution in [-0.2, 0) is 20.4 Å². The molecule has 0 heterocycles. The number of hydrogen-bond donors (Lipinski definition) is 1. The lowest BCUT2D eigenvalue weighted by molar-refractivity contribution is -0.136. The number of hydrogen-bond acceptors (Lipinski definition) is 4. The Morgan fingerprint density at radius 2 is 2.11 bits per heavy atom. The number of aliphatic carboxylic acids is 1. The zero-order valence-electron chi connectivity index (χ0n) is 10.3. The molecule has 100 valence electrons. The molecule has 1 aromatic carbocycles. The number of ether oxygens (including phenoxy) is 1. The Morgan fingerprint density at radius 3 is 2.67 bits per heavy atom. The Balaban J connectivity index is 2.84. The molecule has 0 aromatic heterocycles. The zero-order valence-corrected chi connectivity index (χ0v) is 11.1. The van der Waals surface area contributed by atoms with Crippen LogP contribution in [-0.4, -0.2) is 31.9 Å². The molecule has 0 radical (unpaired) electrons. The number of rotatable bonds is 6. The van der Waals surface area contributed by atoms with E-state index in [0.29, 0.717) is 11.3 Å². The third-order valence-electron chi connectivity index (χ3n) is 2.58.